The lowest BCUT2D eigenvalue weighted by atomic mass is 9.87. The van der Waals surface area contributed by atoms with E-state index in [2.05, 4.69) is 24.1 Å². The molecule has 0 spiro atoms. The minimum Gasteiger partial charge on any atom is -0.326 e. The highest BCUT2D eigenvalue weighted by Crippen LogP contribution is 2.27. The second-order valence-electron chi connectivity index (χ2n) is 6.86. The zero-order valence-corrected chi connectivity index (χ0v) is 12.8. The summed E-state index contributed by atoms with van der Waals surface area (Å²) in [5, 5.41) is 3.45. The SMILES string of the molecule is CC(C)CC1NC(C)C(=O)N1CCC1CCCCC1. The monoisotopic (exact) mass is 266 g/mol. The topological polar surface area (TPSA) is 32.3 Å². The molecular formula is C16H30N2O. The molecule has 1 saturated heterocycles. The molecule has 110 valence electrons. The molecule has 1 aliphatic carbocycles. The van der Waals surface area contributed by atoms with Crippen LogP contribution in [0.3, 0.4) is 0 Å². The van der Waals surface area contributed by atoms with Crippen LogP contribution in [0.25, 0.3) is 0 Å². The molecule has 0 aromatic carbocycles. The van der Waals surface area contributed by atoms with Crippen molar-refractivity contribution in [2.75, 3.05) is 6.54 Å². The van der Waals surface area contributed by atoms with E-state index in [9.17, 15) is 4.79 Å². The maximum absolute atomic E-state index is 12.2. The first-order chi connectivity index (χ1) is 9.08. The first kappa shape index (κ1) is 14.8. The zero-order valence-electron chi connectivity index (χ0n) is 12.8. The number of rotatable bonds is 5. The Morgan fingerprint density at radius 1 is 1.26 bits per heavy atom. The van der Waals surface area contributed by atoms with Gasteiger partial charge < -0.3 is 4.90 Å². The third-order valence-corrected chi connectivity index (χ3v) is 4.67. The summed E-state index contributed by atoms with van der Waals surface area (Å²) in [6, 6.07) is 0.00936. The van der Waals surface area contributed by atoms with E-state index in [4.69, 9.17) is 0 Å². The quantitative estimate of drug-likeness (QED) is 0.829. The molecule has 1 heterocycles. The Balaban J connectivity index is 1.85. The Bertz CT molecular complexity index is 297. The zero-order chi connectivity index (χ0) is 13.8. The summed E-state index contributed by atoms with van der Waals surface area (Å²) >= 11 is 0. The lowest BCUT2D eigenvalue weighted by Crippen LogP contribution is -2.39. The molecule has 19 heavy (non-hydrogen) atoms. The summed E-state index contributed by atoms with van der Waals surface area (Å²) in [6.45, 7) is 7.41. The van der Waals surface area contributed by atoms with Gasteiger partial charge in [-0.1, -0.05) is 46.0 Å². The number of amides is 1. The van der Waals surface area contributed by atoms with Gasteiger partial charge in [-0.3, -0.25) is 10.1 Å². The van der Waals surface area contributed by atoms with Gasteiger partial charge in [0, 0.05) is 6.54 Å². The molecule has 2 unspecified atom stereocenters. The lowest BCUT2D eigenvalue weighted by Gasteiger charge is -2.28. The van der Waals surface area contributed by atoms with E-state index in [1.54, 1.807) is 0 Å². The fourth-order valence-corrected chi connectivity index (χ4v) is 3.56. The molecule has 0 aromatic heterocycles. The molecule has 1 amide bonds. The highest BCUT2D eigenvalue weighted by molar-refractivity contribution is 5.83. The van der Waals surface area contributed by atoms with Crippen LogP contribution >= 0.6 is 0 Å². The standard InChI is InChI=1S/C16H30N2O/c1-12(2)11-15-17-13(3)16(19)18(15)10-9-14-7-5-4-6-8-14/h12-15,17H,4-11H2,1-3H3. The summed E-state index contributed by atoms with van der Waals surface area (Å²) < 4.78 is 0. The molecule has 1 aliphatic heterocycles. The van der Waals surface area contributed by atoms with Crippen LogP contribution in [-0.2, 0) is 4.79 Å². The van der Waals surface area contributed by atoms with Crippen molar-refractivity contribution in [1.29, 1.82) is 0 Å². The molecule has 2 atom stereocenters. The van der Waals surface area contributed by atoms with Crippen molar-refractivity contribution < 1.29 is 4.79 Å². The first-order valence-electron chi connectivity index (χ1n) is 8.14. The molecule has 3 nitrogen and oxygen atoms in total. The maximum Gasteiger partial charge on any atom is 0.240 e. The van der Waals surface area contributed by atoms with Gasteiger partial charge in [0.15, 0.2) is 0 Å². The fourth-order valence-electron chi connectivity index (χ4n) is 3.56. The van der Waals surface area contributed by atoms with Crippen molar-refractivity contribution in [3.63, 3.8) is 0 Å². The van der Waals surface area contributed by atoms with Crippen molar-refractivity contribution in [1.82, 2.24) is 10.2 Å². The molecule has 2 rings (SSSR count). The lowest BCUT2D eigenvalue weighted by molar-refractivity contribution is -0.130. The van der Waals surface area contributed by atoms with E-state index in [1.807, 2.05) is 6.92 Å². The number of hydrogen-bond acceptors (Lipinski definition) is 2. The number of carbonyl (C=O) groups excluding carboxylic acids is 1. The predicted molar refractivity (Wildman–Crippen MR) is 78.7 cm³/mol. The molecular weight excluding hydrogens is 236 g/mol. The summed E-state index contributed by atoms with van der Waals surface area (Å²) in [5.41, 5.74) is 0. The van der Waals surface area contributed by atoms with Crippen molar-refractivity contribution in [2.24, 2.45) is 11.8 Å². The van der Waals surface area contributed by atoms with Crippen molar-refractivity contribution >= 4 is 5.91 Å². The van der Waals surface area contributed by atoms with Crippen LogP contribution in [0.15, 0.2) is 0 Å². The second kappa shape index (κ2) is 6.74. The summed E-state index contributed by atoms with van der Waals surface area (Å²) in [6.07, 6.45) is 9.49. The number of carbonyl (C=O) groups is 1. The normalized spacial score (nSPS) is 29.5. The largest absolute Gasteiger partial charge is 0.326 e. The van der Waals surface area contributed by atoms with E-state index in [0.29, 0.717) is 11.8 Å². The maximum atomic E-state index is 12.2. The molecule has 0 radical (unpaired) electrons. The van der Waals surface area contributed by atoms with Gasteiger partial charge in [0.25, 0.3) is 0 Å². The van der Waals surface area contributed by atoms with Gasteiger partial charge in [-0.2, -0.15) is 0 Å². The summed E-state index contributed by atoms with van der Waals surface area (Å²) in [4.78, 5) is 14.3. The van der Waals surface area contributed by atoms with Gasteiger partial charge in [0.1, 0.15) is 0 Å². The molecule has 3 heteroatoms. The van der Waals surface area contributed by atoms with Crippen LogP contribution in [0.1, 0.15) is 65.7 Å². The molecule has 2 fully saturated rings. The van der Waals surface area contributed by atoms with Crippen LogP contribution in [0.4, 0.5) is 0 Å². The van der Waals surface area contributed by atoms with Crippen LogP contribution in [0, 0.1) is 11.8 Å². The Labute approximate surface area is 118 Å². The highest BCUT2D eigenvalue weighted by atomic mass is 16.2. The van der Waals surface area contributed by atoms with Crippen molar-refractivity contribution in [2.45, 2.75) is 77.9 Å². The average Bonchev–Trinajstić information content (AvgIpc) is 2.63. The van der Waals surface area contributed by atoms with E-state index in [1.165, 1.54) is 38.5 Å². The van der Waals surface area contributed by atoms with E-state index >= 15 is 0 Å². The molecule has 1 saturated carbocycles. The van der Waals surface area contributed by atoms with Gasteiger partial charge in [-0.15, -0.1) is 0 Å². The fraction of sp³-hybridized carbons (Fsp3) is 0.938. The van der Waals surface area contributed by atoms with Gasteiger partial charge >= 0.3 is 0 Å². The third kappa shape index (κ3) is 3.95. The smallest absolute Gasteiger partial charge is 0.240 e. The molecule has 1 N–H and O–H groups in total. The molecule has 2 aliphatic rings. The van der Waals surface area contributed by atoms with Gasteiger partial charge in [-0.25, -0.2) is 0 Å². The van der Waals surface area contributed by atoms with Crippen LogP contribution < -0.4 is 5.32 Å². The van der Waals surface area contributed by atoms with Gasteiger partial charge in [0.05, 0.1) is 12.2 Å². The van der Waals surface area contributed by atoms with Crippen molar-refractivity contribution in [3.05, 3.63) is 0 Å². The summed E-state index contributed by atoms with van der Waals surface area (Å²) in [5.74, 6) is 1.80. The average molecular weight is 266 g/mol. The van der Waals surface area contributed by atoms with Gasteiger partial charge in [0.2, 0.25) is 5.91 Å². The van der Waals surface area contributed by atoms with E-state index < -0.39 is 0 Å². The Morgan fingerprint density at radius 3 is 2.58 bits per heavy atom. The predicted octanol–water partition coefficient (Wildman–Crippen LogP) is 3.15. The highest BCUT2D eigenvalue weighted by Gasteiger charge is 2.36. The number of nitrogens with one attached hydrogen (secondary N) is 1. The van der Waals surface area contributed by atoms with E-state index in [-0.39, 0.29) is 12.2 Å². The third-order valence-electron chi connectivity index (χ3n) is 4.67. The Kier molecular flexibility index (Phi) is 5.26. The summed E-state index contributed by atoms with van der Waals surface area (Å²) in [7, 11) is 0. The minimum atomic E-state index is 0.00936. The first-order valence-corrected chi connectivity index (χ1v) is 8.14. The van der Waals surface area contributed by atoms with Crippen LogP contribution in [-0.4, -0.2) is 29.6 Å². The number of nitrogens with zero attached hydrogens (tertiary/aromatic N) is 1. The van der Waals surface area contributed by atoms with Crippen LogP contribution in [0.5, 0.6) is 0 Å². The molecule has 0 aromatic rings. The van der Waals surface area contributed by atoms with E-state index in [0.717, 1.165) is 18.9 Å². The second-order valence-corrected chi connectivity index (χ2v) is 6.86. The molecule has 0 bridgehead atoms. The van der Waals surface area contributed by atoms with Crippen LogP contribution in [0.2, 0.25) is 0 Å². The Hall–Kier alpha value is -0.570. The Morgan fingerprint density at radius 2 is 1.95 bits per heavy atom. The number of hydrogen-bond donors (Lipinski definition) is 1. The van der Waals surface area contributed by atoms with Gasteiger partial charge in [-0.05, 0) is 31.6 Å². The minimum absolute atomic E-state index is 0.00936. The van der Waals surface area contributed by atoms with Crippen molar-refractivity contribution in [3.8, 4) is 0 Å².